The monoisotopic (exact) mass is 283 g/mol. The van der Waals surface area contributed by atoms with Crippen molar-refractivity contribution in [2.24, 2.45) is 0 Å². The molecule has 0 aliphatic rings. The van der Waals surface area contributed by atoms with Crippen LogP contribution in [-0.4, -0.2) is 15.8 Å². The first-order valence-electron chi connectivity index (χ1n) is 5.72. The van der Waals surface area contributed by atoms with E-state index in [-0.39, 0.29) is 0 Å². The van der Waals surface area contributed by atoms with Gasteiger partial charge in [-0.2, -0.15) is 4.57 Å². The van der Waals surface area contributed by atoms with Crippen LogP contribution in [0.25, 0.3) is 0 Å². The Kier molecular flexibility index (Phi) is 4.14. The third kappa shape index (κ3) is 2.79. The van der Waals surface area contributed by atoms with Crippen LogP contribution in [0, 0.1) is 13.8 Å². The van der Waals surface area contributed by atoms with Crippen molar-refractivity contribution in [2.75, 3.05) is 11.6 Å². The minimum atomic E-state index is 0.555. The number of hydrogen-bond acceptors (Lipinski definition) is 4. The second kappa shape index (κ2) is 5.63. The van der Waals surface area contributed by atoms with Gasteiger partial charge in [0.15, 0.2) is 12.2 Å². The molecule has 2 aromatic heterocycles. The molecule has 0 unspecified atom stereocenters. The number of aryl methyl sites for hydroxylation is 2. The van der Waals surface area contributed by atoms with E-state index >= 15 is 0 Å². The number of nitrogens with zero attached hydrogens (tertiary/aromatic N) is 3. The summed E-state index contributed by atoms with van der Waals surface area (Å²) < 4.78 is 2.16. The van der Waals surface area contributed by atoms with E-state index in [4.69, 9.17) is 17.3 Å². The van der Waals surface area contributed by atoms with E-state index in [0.717, 1.165) is 12.0 Å². The highest BCUT2D eigenvalue weighted by molar-refractivity contribution is 7.09. The number of hydrogen-bond donors (Lipinski definition) is 1. The van der Waals surface area contributed by atoms with Crippen LogP contribution in [0.3, 0.4) is 0 Å². The van der Waals surface area contributed by atoms with Crippen molar-refractivity contribution < 1.29 is 4.57 Å². The average molecular weight is 284 g/mol. The minimum absolute atomic E-state index is 0.555. The van der Waals surface area contributed by atoms with E-state index in [2.05, 4.69) is 27.0 Å². The molecule has 6 heteroatoms. The van der Waals surface area contributed by atoms with Gasteiger partial charge in [-0.15, -0.1) is 11.6 Å². The van der Waals surface area contributed by atoms with Crippen molar-refractivity contribution in [3.63, 3.8) is 0 Å². The Hall–Kier alpha value is -1.20. The highest BCUT2D eigenvalue weighted by Gasteiger charge is 2.16. The van der Waals surface area contributed by atoms with Gasteiger partial charge in [0.25, 0.3) is 0 Å². The van der Waals surface area contributed by atoms with Crippen LogP contribution in [0.1, 0.15) is 22.0 Å². The summed E-state index contributed by atoms with van der Waals surface area (Å²) in [6.45, 7) is 4.64. The van der Waals surface area contributed by atoms with Gasteiger partial charge in [-0.1, -0.05) is 11.3 Å². The molecule has 2 heterocycles. The van der Waals surface area contributed by atoms with Crippen LogP contribution in [0.4, 0.5) is 5.82 Å². The van der Waals surface area contributed by atoms with Gasteiger partial charge in [0.1, 0.15) is 11.6 Å². The molecule has 2 N–H and O–H groups in total. The zero-order chi connectivity index (χ0) is 13.1. The normalized spacial score (nSPS) is 10.8. The maximum absolute atomic E-state index is 5.90. The van der Waals surface area contributed by atoms with Gasteiger partial charge in [0.05, 0.1) is 10.4 Å². The Morgan fingerprint density at radius 1 is 1.44 bits per heavy atom. The topological polar surface area (TPSA) is 55.7 Å². The zero-order valence-corrected chi connectivity index (χ0v) is 12.1. The molecule has 0 spiro atoms. The second-order valence-electron chi connectivity index (χ2n) is 4.13. The number of nitrogens with two attached hydrogens (primary N) is 1. The molecule has 0 radical (unpaired) electrons. The predicted octanol–water partition coefficient (Wildman–Crippen LogP) is 1.85. The molecule has 0 aromatic carbocycles. The summed E-state index contributed by atoms with van der Waals surface area (Å²) >= 11 is 7.50. The lowest BCUT2D eigenvalue weighted by molar-refractivity contribution is -0.689. The lowest BCUT2D eigenvalue weighted by Gasteiger charge is -2.01. The van der Waals surface area contributed by atoms with E-state index in [9.17, 15) is 0 Å². The minimum Gasteiger partial charge on any atom is -0.383 e. The molecule has 4 nitrogen and oxygen atoms in total. The maximum atomic E-state index is 5.90. The Bertz CT molecular complexity index is 553. The molecule has 0 bridgehead atoms. The molecule has 0 amide bonds. The summed E-state index contributed by atoms with van der Waals surface area (Å²) in [6, 6.07) is 0. The SMILES string of the molecule is Cc1ncc(C[n+]2csc(CCCl)c2C)c(N)n1. The Morgan fingerprint density at radius 3 is 2.89 bits per heavy atom. The van der Waals surface area contributed by atoms with Crippen molar-refractivity contribution in [2.45, 2.75) is 26.8 Å². The quantitative estimate of drug-likeness (QED) is 0.688. The number of anilines is 1. The smallest absolute Gasteiger partial charge is 0.225 e. The fourth-order valence-electron chi connectivity index (χ4n) is 1.75. The molecular weight excluding hydrogens is 268 g/mol. The molecule has 0 fully saturated rings. The largest absolute Gasteiger partial charge is 0.383 e. The summed E-state index contributed by atoms with van der Waals surface area (Å²) in [5.41, 5.74) is 10.2. The van der Waals surface area contributed by atoms with Crippen LogP contribution >= 0.6 is 22.9 Å². The Morgan fingerprint density at radius 2 is 2.22 bits per heavy atom. The van der Waals surface area contributed by atoms with Gasteiger partial charge in [-0.3, -0.25) is 0 Å². The molecule has 0 saturated heterocycles. The summed E-state index contributed by atoms with van der Waals surface area (Å²) in [5, 5.41) is 0. The lowest BCUT2D eigenvalue weighted by Crippen LogP contribution is -2.35. The summed E-state index contributed by atoms with van der Waals surface area (Å²) in [5.74, 6) is 1.91. The number of nitrogen functional groups attached to an aromatic ring is 1. The van der Waals surface area contributed by atoms with Gasteiger partial charge in [0, 0.05) is 25.4 Å². The van der Waals surface area contributed by atoms with Gasteiger partial charge >= 0.3 is 0 Å². The molecule has 2 rings (SSSR count). The van der Waals surface area contributed by atoms with Crippen LogP contribution in [0.2, 0.25) is 0 Å². The zero-order valence-electron chi connectivity index (χ0n) is 10.5. The number of alkyl halides is 1. The molecule has 0 atom stereocenters. The first kappa shape index (κ1) is 13.2. The van der Waals surface area contributed by atoms with Gasteiger partial charge in [-0.05, 0) is 6.92 Å². The first-order chi connectivity index (χ1) is 8.61. The highest BCUT2D eigenvalue weighted by atomic mass is 35.5. The van der Waals surface area contributed by atoms with Crippen LogP contribution in [-0.2, 0) is 13.0 Å². The molecule has 0 aliphatic carbocycles. The lowest BCUT2D eigenvalue weighted by atomic mass is 10.2. The van der Waals surface area contributed by atoms with Crippen molar-refractivity contribution in [3.8, 4) is 0 Å². The Balaban J connectivity index is 2.23. The average Bonchev–Trinajstić information content (AvgIpc) is 2.66. The number of halogens is 1. The van der Waals surface area contributed by atoms with Gasteiger partial charge in [0.2, 0.25) is 5.51 Å². The fraction of sp³-hybridized carbons (Fsp3) is 0.417. The molecular formula is C12H16ClN4S+. The van der Waals surface area contributed by atoms with E-state index in [1.807, 2.05) is 6.92 Å². The van der Waals surface area contributed by atoms with Gasteiger partial charge in [-0.25, -0.2) is 9.97 Å². The Labute approximate surface area is 115 Å². The van der Waals surface area contributed by atoms with Crippen molar-refractivity contribution in [1.82, 2.24) is 9.97 Å². The highest BCUT2D eigenvalue weighted by Crippen LogP contribution is 2.14. The van der Waals surface area contributed by atoms with Crippen LogP contribution in [0.5, 0.6) is 0 Å². The van der Waals surface area contributed by atoms with Crippen LogP contribution in [0.15, 0.2) is 11.7 Å². The number of aromatic nitrogens is 3. The fourth-order valence-corrected chi connectivity index (χ4v) is 3.05. The van der Waals surface area contributed by atoms with Crippen molar-refractivity contribution in [1.29, 1.82) is 0 Å². The van der Waals surface area contributed by atoms with E-state index in [1.165, 1.54) is 10.6 Å². The standard InChI is InChI=1S/C12H16ClN4S/c1-8-11(3-4-13)18-7-17(8)6-10-5-15-9(2)16-12(10)14/h5,7H,3-4,6H2,1-2H3,(H2,14,15,16)/q+1. The van der Waals surface area contributed by atoms with E-state index < -0.39 is 0 Å². The van der Waals surface area contributed by atoms with Gasteiger partial charge < -0.3 is 5.73 Å². The first-order valence-corrected chi connectivity index (χ1v) is 7.13. The molecule has 2 aromatic rings. The van der Waals surface area contributed by atoms with Crippen molar-refractivity contribution >= 4 is 28.8 Å². The summed E-state index contributed by atoms with van der Waals surface area (Å²) in [6.07, 6.45) is 2.70. The summed E-state index contributed by atoms with van der Waals surface area (Å²) in [7, 11) is 0. The second-order valence-corrected chi connectivity index (χ2v) is 5.44. The number of rotatable bonds is 4. The van der Waals surface area contributed by atoms with Crippen LogP contribution < -0.4 is 10.3 Å². The summed E-state index contributed by atoms with van der Waals surface area (Å²) in [4.78, 5) is 9.68. The molecule has 96 valence electrons. The maximum Gasteiger partial charge on any atom is 0.225 e. The van der Waals surface area contributed by atoms with E-state index in [1.54, 1.807) is 17.5 Å². The number of thiazole rings is 1. The van der Waals surface area contributed by atoms with Crippen molar-refractivity contribution in [3.05, 3.63) is 33.7 Å². The molecule has 18 heavy (non-hydrogen) atoms. The van der Waals surface area contributed by atoms with E-state index in [0.29, 0.717) is 24.1 Å². The molecule has 0 saturated carbocycles. The third-order valence-corrected chi connectivity index (χ3v) is 4.17. The third-order valence-electron chi connectivity index (χ3n) is 2.84. The molecule has 0 aliphatic heterocycles. The predicted molar refractivity (Wildman–Crippen MR) is 74.0 cm³/mol.